The lowest BCUT2D eigenvalue weighted by atomic mass is 9.96. The maximum absolute atomic E-state index is 12.9. The number of hydrogen-bond acceptors (Lipinski definition) is 3. The molecule has 0 saturated heterocycles. The van der Waals surface area contributed by atoms with Crippen LogP contribution in [0.15, 0.2) is 76.5 Å². The van der Waals surface area contributed by atoms with Gasteiger partial charge in [-0.05, 0) is 48.7 Å². The van der Waals surface area contributed by atoms with E-state index in [0.717, 1.165) is 31.2 Å². The van der Waals surface area contributed by atoms with Gasteiger partial charge in [-0.1, -0.05) is 66.9 Å². The van der Waals surface area contributed by atoms with Crippen LogP contribution in [0.3, 0.4) is 0 Å². The van der Waals surface area contributed by atoms with Crippen molar-refractivity contribution in [1.82, 2.24) is 4.72 Å². The summed E-state index contributed by atoms with van der Waals surface area (Å²) in [6.07, 6.45) is 4.11. The van der Waals surface area contributed by atoms with Crippen LogP contribution in [0.1, 0.15) is 31.2 Å². The molecule has 5 heteroatoms. The summed E-state index contributed by atoms with van der Waals surface area (Å²) in [6, 6.07) is 21.7. The molecule has 0 aliphatic heterocycles. The molecule has 1 aliphatic carbocycles. The zero-order valence-corrected chi connectivity index (χ0v) is 17.6. The molecular formula is C23H25NO2S2. The summed E-state index contributed by atoms with van der Waals surface area (Å²) in [4.78, 5) is 1.57. The number of fused-ring (bicyclic) bond motifs is 1. The molecule has 3 aromatic carbocycles. The first kappa shape index (κ1) is 19.5. The molecule has 0 bridgehead atoms. The smallest absolute Gasteiger partial charge is 0.207 e. The Labute approximate surface area is 171 Å². The van der Waals surface area contributed by atoms with Crippen LogP contribution in [-0.4, -0.2) is 19.7 Å². The molecule has 0 unspecified atom stereocenters. The molecule has 1 N–H and O–H groups in total. The lowest BCUT2D eigenvalue weighted by molar-refractivity contribution is 0.423. The van der Waals surface area contributed by atoms with Gasteiger partial charge < -0.3 is 0 Å². The van der Waals surface area contributed by atoms with E-state index in [1.807, 2.05) is 30.8 Å². The van der Waals surface area contributed by atoms with Crippen LogP contribution in [0.5, 0.6) is 0 Å². The molecule has 2 atom stereocenters. The lowest BCUT2D eigenvalue weighted by Crippen LogP contribution is -2.43. The first-order valence-corrected chi connectivity index (χ1v) is 12.1. The van der Waals surface area contributed by atoms with Gasteiger partial charge in [0.05, 0.1) is 4.90 Å². The van der Waals surface area contributed by atoms with Crippen LogP contribution in [-0.2, 0) is 10.0 Å². The highest BCUT2D eigenvalue weighted by Crippen LogP contribution is 2.37. The molecule has 0 radical (unpaired) electrons. The summed E-state index contributed by atoms with van der Waals surface area (Å²) in [6.45, 7) is 1.96. The van der Waals surface area contributed by atoms with Gasteiger partial charge in [-0.2, -0.15) is 0 Å². The summed E-state index contributed by atoms with van der Waals surface area (Å²) >= 11 is 1.81. The maximum atomic E-state index is 12.9. The number of rotatable bonds is 5. The molecule has 0 amide bonds. The summed E-state index contributed by atoms with van der Waals surface area (Å²) < 4.78 is 28.8. The van der Waals surface area contributed by atoms with Gasteiger partial charge in [0.25, 0.3) is 0 Å². The lowest BCUT2D eigenvalue weighted by Gasteiger charge is -2.31. The second-order valence-electron chi connectivity index (χ2n) is 7.46. The minimum absolute atomic E-state index is 0.0518. The molecule has 0 heterocycles. The van der Waals surface area contributed by atoms with Crippen molar-refractivity contribution in [3.05, 3.63) is 72.3 Å². The fourth-order valence-electron chi connectivity index (χ4n) is 3.82. The Bertz CT molecular complexity index is 1060. The normalized spacial score (nSPS) is 20.3. The Morgan fingerprint density at radius 3 is 2.43 bits per heavy atom. The number of nitrogens with one attached hydrogen (secondary N) is 1. The summed E-state index contributed by atoms with van der Waals surface area (Å²) in [7, 11) is -3.51. The predicted octanol–water partition coefficient (Wildman–Crippen LogP) is 5.53. The summed E-state index contributed by atoms with van der Waals surface area (Å²) in [5, 5.41) is 2.69. The minimum Gasteiger partial charge on any atom is -0.207 e. The van der Waals surface area contributed by atoms with Gasteiger partial charge >= 0.3 is 0 Å². The summed E-state index contributed by atoms with van der Waals surface area (Å²) in [5.74, 6) is 0. The first-order valence-electron chi connectivity index (χ1n) is 9.76. The number of sulfonamides is 1. The van der Waals surface area contributed by atoms with Gasteiger partial charge in [-0.25, -0.2) is 13.1 Å². The van der Waals surface area contributed by atoms with Crippen LogP contribution >= 0.6 is 11.8 Å². The van der Waals surface area contributed by atoms with E-state index in [2.05, 4.69) is 47.2 Å². The van der Waals surface area contributed by atoms with E-state index in [0.29, 0.717) is 4.90 Å². The van der Waals surface area contributed by atoms with Crippen molar-refractivity contribution in [3.63, 3.8) is 0 Å². The van der Waals surface area contributed by atoms with E-state index < -0.39 is 10.0 Å². The van der Waals surface area contributed by atoms with Crippen molar-refractivity contribution in [2.75, 3.05) is 0 Å². The van der Waals surface area contributed by atoms with Crippen LogP contribution in [0.4, 0.5) is 0 Å². The average molecular weight is 412 g/mol. The third-order valence-corrected chi connectivity index (χ3v) is 8.35. The number of hydrogen-bond donors (Lipinski definition) is 1. The SMILES string of the molecule is Cc1ccc(S(=O)(=O)N[C@@H]2CCCC[C@H]2Sc2cccc3ccccc23)cc1. The van der Waals surface area contributed by atoms with E-state index in [1.54, 1.807) is 12.1 Å². The van der Waals surface area contributed by atoms with Gasteiger partial charge in [0, 0.05) is 16.2 Å². The van der Waals surface area contributed by atoms with E-state index in [9.17, 15) is 8.42 Å². The minimum atomic E-state index is -3.51. The molecule has 0 spiro atoms. The molecule has 3 nitrogen and oxygen atoms in total. The number of benzene rings is 3. The number of aryl methyl sites for hydroxylation is 1. The molecular weight excluding hydrogens is 386 g/mol. The van der Waals surface area contributed by atoms with Crippen molar-refractivity contribution in [2.24, 2.45) is 0 Å². The van der Waals surface area contributed by atoms with Crippen molar-refractivity contribution in [2.45, 2.75) is 53.7 Å². The fraction of sp³-hybridized carbons (Fsp3) is 0.304. The van der Waals surface area contributed by atoms with Crippen molar-refractivity contribution >= 4 is 32.6 Å². The maximum Gasteiger partial charge on any atom is 0.240 e. The van der Waals surface area contributed by atoms with Crippen molar-refractivity contribution in [3.8, 4) is 0 Å². The van der Waals surface area contributed by atoms with Crippen LogP contribution in [0.2, 0.25) is 0 Å². The Hall–Kier alpha value is -1.82. The molecule has 1 fully saturated rings. The highest BCUT2D eigenvalue weighted by atomic mass is 32.2. The van der Waals surface area contributed by atoms with Gasteiger partial charge in [0.1, 0.15) is 0 Å². The van der Waals surface area contributed by atoms with Crippen molar-refractivity contribution in [1.29, 1.82) is 0 Å². The Balaban J connectivity index is 1.57. The quantitative estimate of drug-likeness (QED) is 0.600. The van der Waals surface area contributed by atoms with Gasteiger partial charge in [-0.15, -0.1) is 11.8 Å². The largest absolute Gasteiger partial charge is 0.240 e. The average Bonchev–Trinajstić information content (AvgIpc) is 2.70. The second-order valence-corrected chi connectivity index (χ2v) is 10.5. The molecule has 4 rings (SSSR count). The van der Waals surface area contributed by atoms with Crippen LogP contribution in [0, 0.1) is 6.92 Å². The Kier molecular flexibility index (Phi) is 5.76. The molecule has 28 heavy (non-hydrogen) atoms. The molecule has 0 aromatic heterocycles. The van der Waals surface area contributed by atoms with Gasteiger partial charge in [-0.3, -0.25) is 0 Å². The molecule has 1 saturated carbocycles. The van der Waals surface area contributed by atoms with E-state index >= 15 is 0 Å². The zero-order valence-electron chi connectivity index (χ0n) is 16.0. The van der Waals surface area contributed by atoms with Gasteiger partial charge in [0.2, 0.25) is 10.0 Å². The molecule has 3 aromatic rings. The predicted molar refractivity (Wildman–Crippen MR) is 117 cm³/mol. The Morgan fingerprint density at radius 1 is 0.893 bits per heavy atom. The monoisotopic (exact) mass is 411 g/mol. The summed E-state index contributed by atoms with van der Waals surface area (Å²) in [5.41, 5.74) is 1.06. The third kappa shape index (κ3) is 4.27. The standard InChI is InChI=1S/C23H25NO2S2/c1-17-13-15-19(16-14-17)28(25,26)24-21-10-4-5-11-23(21)27-22-12-6-8-18-7-2-3-9-20(18)22/h2-3,6-9,12-16,21,23-24H,4-5,10-11H2,1H3/t21-,23-/m1/s1. The fourth-order valence-corrected chi connectivity index (χ4v) is 6.67. The van der Waals surface area contributed by atoms with Gasteiger partial charge in [0.15, 0.2) is 0 Å². The zero-order chi connectivity index (χ0) is 19.6. The first-order chi connectivity index (χ1) is 13.5. The Morgan fingerprint density at radius 2 is 1.61 bits per heavy atom. The topological polar surface area (TPSA) is 46.2 Å². The highest BCUT2D eigenvalue weighted by Gasteiger charge is 2.30. The highest BCUT2D eigenvalue weighted by molar-refractivity contribution is 8.00. The molecule has 1 aliphatic rings. The van der Waals surface area contributed by atoms with Crippen molar-refractivity contribution < 1.29 is 8.42 Å². The number of thioether (sulfide) groups is 1. The third-order valence-electron chi connectivity index (χ3n) is 5.37. The van der Waals surface area contributed by atoms with Crippen LogP contribution in [0.25, 0.3) is 10.8 Å². The van der Waals surface area contributed by atoms with E-state index in [4.69, 9.17) is 0 Å². The van der Waals surface area contributed by atoms with Crippen LogP contribution < -0.4 is 4.72 Å². The second kappa shape index (κ2) is 8.27. The molecule has 146 valence electrons. The van der Waals surface area contributed by atoms with E-state index in [1.165, 1.54) is 15.7 Å². The van der Waals surface area contributed by atoms with E-state index in [-0.39, 0.29) is 11.3 Å².